The molecule has 1 saturated heterocycles. The second-order valence-electron chi connectivity index (χ2n) is 5.36. The molecule has 2 rings (SSSR count). The van der Waals surface area contributed by atoms with E-state index in [1.54, 1.807) is 0 Å². The van der Waals surface area contributed by atoms with E-state index in [0.29, 0.717) is 11.9 Å². The second-order valence-corrected chi connectivity index (χ2v) is 5.36. The van der Waals surface area contributed by atoms with Crippen molar-refractivity contribution < 1.29 is 14.3 Å². The van der Waals surface area contributed by atoms with Crippen LogP contribution in [0.3, 0.4) is 0 Å². The van der Waals surface area contributed by atoms with Crippen LogP contribution in [0.25, 0.3) is 0 Å². The van der Waals surface area contributed by atoms with E-state index in [1.165, 1.54) is 6.26 Å². The van der Waals surface area contributed by atoms with Crippen molar-refractivity contribution in [2.45, 2.75) is 20.3 Å². The maximum Gasteiger partial charge on any atom is 0.357 e. The van der Waals surface area contributed by atoms with E-state index in [1.807, 2.05) is 4.90 Å². The van der Waals surface area contributed by atoms with Gasteiger partial charge >= 0.3 is 5.97 Å². The molecular formula is C13H21N3O3. The van der Waals surface area contributed by atoms with E-state index in [-0.39, 0.29) is 5.69 Å². The minimum absolute atomic E-state index is 0.0294. The molecule has 106 valence electrons. The predicted molar refractivity (Wildman–Crippen MR) is 71.6 cm³/mol. The number of nitrogens with zero attached hydrogens (tertiary/aromatic N) is 3. The van der Waals surface area contributed by atoms with Crippen molar-refractivity contribution in [3.05, 3.63) is 12.0 Å². The summed E-state index contributed by atoms with van der Waals surface area (Å²) in [7, 11) is 0. The number of hydrogen-bond acceptors (Lipinski definition) is 5. The van der Waals surface area contributed by atoms with Crippen LogP contribution in [-0.4, -0.2) is 53.7 Å². The van der Waals surface area contributed by atoms with E-state index in [0.717, 1.165) is 39.1 Å². The minimum Gasteiger partial charge on any atom is -0.476 e. The number of aromatic carboxylic acids is 1. The van der Waals surface area contributed by atoms with Crippen molar-refractivity contribution in [1.82, 2.24) is 9.88 Å². The first kappa shape index (κ1) is 13.9. The fraction of sp³-hybridized carbons (Fsp3) is 0.692. The van der Waals surface area contributed by atoms with Gasteiger partial charge in [-0.15, -0.1) is 0 Å². The summed E-state index contributed by atoms with van der Waals surface area (Å²) in [4.78, 5) is 19.2. The monoisotopic (exact) mass is 267 g/mol. The summed E-state index contributed by atoms with van der Waals surface area (Å²) in [5.74, 6) is -0.391. The molecule has 0 radical (unpaired) electrons. The third kappa shape index (κ3) is 3.70. The van der Waals surface area contributed by atoms with Crippen molar-refractivity contribution in [1.29, 1.82) is 0 Å². The lowest BCUT2D eigenvalue weighted by Crippen LogP contribution is -2.33. The number of carbonyl (C=O) groups is 1. The standard InChI is InChI=1S/C13H21N3O3/c1-10(2)8-15-4-3-5-16(7-6-15)13-14-11(9-19-13)12(17)18/h9-10H,3-8H2,1-2H3,(H,17,18). The Morgan fingerprint density at radius 3 is 2.84 bits per heavy atom. The van der Waals surface area contributed by atoms with E-state index in [2.05, 4.69) is 23.7 Å². The Kier molecular flexibility index (Phi) is 4.42. The van der Waals surface area contributed by atoms with Crippen LogP contribution < -0.4 is 4.90 Å². The molecule has 1 N–H and O–H groups in total. The number of anilines is 1. The van der Waals surface area contributed by atoms with Gasteiger partial charge in [0.25, 0.3) is 6.01 Å². The van der Waals surface area contributed by atoms with Crippen LogP contribution in [0.2, 0.25) is 0 Å². The molecular weight excluding hydrogens is 246 g/mol. The van der Waals surface area contributed by atoms with Gasteiger partial charge in [-0.2, -0.15) is 4.98 Å². The summed E-state index contributed by atoms with van der Waals surface area (Å²) < 4.78 is 5.25. The van der Waals surface area contributed by atoms with Crippen LogP contribution in [0.5, 0.6) is 0 Å². The van der Waals surface area contributed by atoms with E-state index in [9.17, 15) is 4.79 Å². The van der Waals surface area contributed by atoms with Gasteiger partial charge in [0.1, 0.15) is 6.26 Å². The van der Waals surface area contributed by atoms with Crippen molar-refractivity contribution in [2.75, 3.05) is 37.6 Å². The van der Waals surface area contributed by atoms with Crippen LogP contribution in [0.4, 0.5) is 6.01 Å². The van der Waals surface area contributed by atoms with Crippen molar-refractivity contribution in [3.8, 4) is 0 Å². The summed E-state index contributed by atoms with van der Waals surface area (Å²) in [5, 5.41) is 8.84. The van der Waals surface area contributed by atoms with Gasteiger partial charge in [0.15, 0.2) is 5.69 Å². The average molecular weight is 267 g/mol. The van der Waals surface area contributed by atoms with Gasteiger partial charge in [-0.05, 0) is 18.9 Å². The van der Waals surface area contributed by atoms with E-state index < -0.39 is 5.97 Å². The highest BCUT2D eigenvalue weighted by molar-refractivity contribution is 5.85. The first-order valence-corrected chi connectivity index (χ1v) is 6.72. The molecule has 0 unspecified atom stereocenters. The lowest BCUT2D eigenvalue weighted by Gasteiger charge is -2.22. The van der Waals surface area contributed by atoms with Gasteiger partial charge in [-0.25, -0.2) is 4.79 Å². The average Bonchev–Trinajstić information content (AvgIpc) is 2.72. The molecule has 6 heteroatoms. The Morgan fingerprint density at radius 2 is 2.21 bits per heavy atom. The minimum atomic E-state index is -1.05. The molecule has 0 aliphatic carbocycles. The van der Waals surface area contributed by atoms with Gasteiger partial charge in [0.05, 0.1) is 0 Å². The Bertz CT molecular complexity index is 431. The second kappa shape index (κ2) is 6.06. The number of aromatic nitrogens is 1. The fourth-order valence-electron chi connectivity index (χ4n) is 2.37. The molecule has 1 fully saturated rings. The lowest BCUT2D eigenvalue weighted by molar-refractivity contribution is 0.0690. The molecule has 1 aromatic rings. The highest BCUT2D eigenvalue weighted by atomic mass is 16.4. The summed E-state index contributed by atoms with van der Waals surface area (Å²) in [5.41, 5.74) is -0.0294. The van der Waals surface area contributed by atoms with Crippen molar-refractivity contribution >= 4 is 12.0 Å². The summed E-state index contributed by atoms with van der Waals surface area (Å²) >= 11 is 0. The Morgan fingerprint density at radius 1 is 1.42 bits per heavy atom. The Hall–Kier alpha value is -1.56. The quantitative estimate of drug-likeness (QED) is 0.892. The normalized spacial score (nSPS) is 17.7. The Balaban J connectivity index is 1.96. The van der Waals surface area contributed by atoms with Crippen molar-refractivity contribution in [2.24, 2.45) is 5.92 Å². The van der Waals surface area contributed by atoms with E-state index in [4.69, 9.17) is 9.52 Å². The summed E-state index contributed by atoms with van der Waals surface area (Å²) in [6.45, 7) is 9.25. The highest BCUT2D eigenvalue weighted by Crippen LogP contribution is 2.16. The van der Waals surface area contributed by atoms with Crippen molar-refractivity contribution in [3.63, 3.8) is 0 Å². The smallest absolute Gasteiger partial charge is 0.357 e. The SMILES string of the molecule is CC(C)CN1CCCN(c2nc(C(=O)O)co2)CC1. The topological polar surface area (TPSA) is 69.8 Å². The van der Waals surface area contributed by atoms with Crippen LogP contribution in [0, 0.1) is 5.92 Å². The number of carboxylic acid groups (broad SMARTS) is 1. The lowest BCUT2D eigenvalue weighted by atomic mass is 10.2. The number of oxazole rings is 1. The fourth-order valence-corrected chi connectivity index (χ4v) is 2.37. The predicted octanol–water partition coefficient (Wildman–Crippen LogP) is 1.54. The molecule has 1 aliphatic rings. The first-order valence-electron chi connectivity index (χ1n) is 6.72. The maximum absolute atomic E-state index is 10.8. The number of hydrogen-bond donors (Lipinski definition) is 1. The zero-order chi connectivity index (χ0) is 13.8. The zero-order valence-corrected chi connectivity index (χ0v) is 11.5. The summed E-state index contributed by atoms with van der Waals surface area (Å²) in [6, 6.07) is 0.420. The molecule has 2 heterocycles. The molecule has 1 aromatic heterocycles. The summed E-state index contributed by atoms with van der Waals surface area (Å²) in [6.07, 6.45) is 2.24. The van der Waals surface area contributed by atoms with Gasteiger partial charge in [0, 0.05) is 26.2 Å². The van der Waals surface area contributed by atoms with Gasteiger partial charge < -0.3 is 19.3 Å². The molecule has 0 spiro atoms. The molecule has 6 nitrogen and oxygen atoms in total. The molecule has 0 amide bonds. The molecule has 0 atom stereocenters. The molecule has 0 saturated carbocycles. The van der Waals surface area contributed by atoms with Crippen LogP contribution in [0.1, 0.15) is 30.8 Å². The zero-order valence-electron chi connectivity index (χ0n) is 11.5. The number of rotatable bonds is 4. The Labute approximate surface area is 113 Å². The van der Waals surface area contributed by atoms with Crippen LogP contribution in [0.15, 0.2) is 10.7 Å². The first-order chi connectivity index (χ1) is 9.06. The highest BCUT2D eigenvalue weighted by Gasteiger charge is 2.20. The van der Waals surface area contributed by atoms with Gasteiger partial charge in [-0.3, -0.25) is 0 Å². The third-order valence-corrected chi connectivity index (χ3v) is 3.19. The van der Waals surface area contributed by atoms with E-state index >= 15 is 0 Å². The largest absolute Gasteiger partial charge is 0.476 e. The van der Waals surface area contributed by atoms with Crippen LogP contribution >= 0.6 is 0 Å². The third-order valence-electron chi connectivity index (χ3n) is 3.19. The molecule has 19 heavy (non-hydrogen) atoms. The number of carboxylic acids is 1. The molecule has 0 bridgehead atoms. The van der Waals surface area contributed by atoms with Gasteiger partial charge in [0.2, 0.25) is 0 Å². The van der Waals surface area contributed by atoms with Crippen LogP contribution in [-0.2, 0) is 0 Å². The van der Waals surface area contributed by atoms with Gasteiger partial charge in [-0.1, -0.05) is 13.8 Å². The maximum atomic E-state index is 10.8. The molecule has 1 aliphatic heterocycles. The molecule has 0 aromatic carbocycles.